The molecular weight excluding hydrogens is 576 g/mol. The highest BCUT2D eigenvalue weighted by atomic mass is 16.5. The Balaban J connectivity index is 1.91. The molecule has 3 nitrogen and oxygen atoms in total. The van der Waals surface area contributed by atoms with E-state index >= 15 is 0 Å². The Morgan fingerprint density at radius 3 is 1.02 bits per heavy atom. The highest BCUT2D eigenvalue weighted by Gasteiger charge is 2.08. The molecule has 0 aliphatic carbocycles. The molecule has 0 aliphatic heterocycles. The summed E-state index contributed by atoms with van der Waals surface area (Å²) < 4.78 is 12.0. The van der Waals surface area contributed by atoms with Gasteiger partial charge >= 0.3 is 0 Å². The molecule has 1 N–H and O–H groups in total. The molecule has 0 aromatic heterocycles. The van der Waals surface area contributed by atoms with Crippen LogP contribution in [0.3, 0.4) is 0 Å². The zero-order valence-corrected chi connectivity index (χ0v) is 32.0. The Hall–Kier alpha value is -1.06. The number of ether oxygens (including phenoxy) is 2. The molecule has 0 aliphatic rings. The highest BCUT2D eigenvalue weighted by Crippen LogP contribution is 2.23. The summed E-state index contributed by atoms with van der Waals surface area (Å²) in [6.07, 6.45) is 44.3. The Morgan fingerprint density at radius 1 is 0.383 bits per heavy atom. The van der Waals surface area contributed by atoms with Gasteiger partial charge in [-0.25, -0.2) is 0 Å². The number of unbranched alkanes of at least 4 members (excludes halogenated alkanes) is 30. The van der Waals surface area contributed by atoms with Crippen LogP contribution in [0.2, 0.25) is 0 Å². The summed E-state index contributed by atoms with van der Waals surface area (Å²) in [5, 5.41) is 10.5. The average Bonchev–Trinajstić information content (AvgIpc) is 3.08. The van der Waals surface area contributed by atoms with Crippen LogP contribution in [0.5, 0.6) is 5.75 Å². The molecule has 0 unspecified atom stereocenters. The van der Waals surface area contributed by atoms with Gasteiger partial charge in [-0.05, 0) is 24.5 Å². The molecule has 0 spiro atoms. The van der Waals surface area contributed by atoms with Crippen molar-refractivity contribution >= 4 is 0 Å². The summed E-state index contributed by atoms with van der Waals surface area (Å²) in [6.45, 7) is 7.19. The van der Waals surface area contributed by atoms with Crippen molar-refractivity contribution in [1.82, 2.24) is 0 Å². The minimum absolute atomic E-state index is 0.334. The number of hydrogen-bond donors (Lipinski definition) is 1. The van der Waals surface area contributed by atoms with E-state index in [2.05, 4.69) is 19.9 Å². The first-order valence-corrected chi connectivity index (χ1v) is 21.2. The predicted molar refractivity (Wildman–Crippen MR) is 207 cm³/mol. The van der Waals surface area contributed by atoms with Crippen LogP contribution in [0.4, 0.5) is 0 Å². The van der Waals surface area contributed by atoms with Gasteiger partial charge in [-0.3, -0.25) is 0 Å². The van der Waals surface area contributed by atoms with Crippen LogP contribution in [0.25, 0.3) is 0 Å². The predicted octanol–water partition coefficient (Wildman–Crippen LogP) is 14.9. The fourth-order valence-corrected chi connectivity index (χ4v) is 6.78. The molecule has 0 heterocycles. The second-order valence-corrected chi connectivity index (χ2v) is 14.6. The number of phenols is 1. The number of hydrogen-bond acceptors (Lipinski definition) is 3. The van der Waals surface area contributed by atoms with Gasteiger partial charge in [0.15, 0.2) is 0 Å². The molecule has 0 saturated heterocycles. The van der Waals surface area contributed by atoms with Gasteiger partial charge in [0, 0.05) is 18.8 Å². The molecule has 0 bridgehead atoms. The largest absolute Gasteiger partial charge is 0.508 e. The lowest BCUT2D eigenvalue weighted by Crippen LogP contribution is -2.03. The molecule has 3 heteroatoms. The third-order valence-corrected chi connectivity index (χ3v) is 10.0. The van der Waals surface area contributed by atoms with Crippen LogP contribution in [0, 0.1) is 0 Å². The van der Waals surface area contributed by atoms with E-state index in [9.17, 15) is 5.11 Å². The lowest BCUT2D eigenvalue weighted by atomic mass is 10.0. The average molecular weight is 659 g/mol. The molecule has 0 atom stereocenters. The topological polar surface area (TPSA) is 38.7 Å². The lowest BCUT2D eigenvalue weighted by molar-refractivity contribution is 0.102. The van der Waals surface area contributed by atoms with Gasteiger partial charge in [-0.1, -0.05) is 219 Å². The molecule has 276 valence electrons. The number of benzene rings is 1. The highest BCUT2D eigenvalue weighted by molar-refractivity contribution is 5.38. The molecule has 1 aromatic rings. The third-order valence-electron chi connectivity index (χ3n) is 10.0. The summed E-state index contributed by atoms with van der Waals surface area (Å²) in [6, 6.07) is 5.76. The van der Waals surface area contributed by atoms with E-state index in [1.807, 2.05) is 6.07 Å². The molecule has 47 heavy (non-hydrogen) atoms. The van der Waals surface area contributed by atoms with Crippen LogP contribution in [-0.2, 0) is 22.7 Å². The molecule has 0 amide bonds. The fraction of sp³-hybridized carbons (Fsp3) is 0.864. The monoisotopic (exact) mass is 659 g/mol. The Morgan fingerprint density at radius 2 is 0.681 bits per heavy atom. The number of phenolic OH excluding ortho intramolecular Hbond substituents is 1. The van der Waals surface area contributed by atoms with Crippen molar-refractivity contribution in [3.8, 4) is 5.75 Å². The Bertz CT molecular complexity index is 748. The van der Waals surface area contributed by atoms with Crippen molar-refractivity contribution < 1.29 is 14.6 Å². The van der Waals surface area contributed by atoms with Crippen molar-refractivity contribution in [2.45, 2.75) is 233 Å². The second kappa shape index (κ2) is 36.2. The molecule has 0 saturated carbocycles. The van der Waals surface area contributed by atoms with Crippen LogP contribution < -0.4 is 0 Å². The SMILES string of the molecule is CCCCCCCCCCCCCCCCCCOCc1cccc(O)c1COCCCCCCCCCCCCCCCCCC. The molecule has 1 aromatic carbocycles. The normalized spacial score (nSPS) is 11.5. The van der Waals surface area contributed by atoms with Gasteiger partial charge in [-0.2, -0.15) is 0 Å². The van der Waals surface area contributed by atoms with Crippen LogP contribution in [-0.4, -0.2) is 18.3 Å². The van der Waals surface area contributed by atoms with E-state index < -0.39 is 0 Å². The molecule has 1 rings (SSSR count). The summed E-state index contributed by atoms with van der Waals surface area (Å²) in [7, 11) is 0. The summed E-state index contributed by atoms with van der Waals surface area (Å²) in [5.41, 5.74) is 1.96. The zero-order chi connectivity index (χ0) is 33.7. The van der Waals surface area contributed by atoms with Crippen LogP contribution in [0.15, 0.2) is 18.2 Å². The fourth-order valence-electron chi connectivity index (χ4n) is 6.78. The van der Waals surface area contributed by atoms with Gasteiger partial charge in [-0.15, -0.1) is 0 Å². The standard InChI is InChI=1S/C44H82O3/c1-3-5-7-9-11-13-15-17-19-21-23-25-27-29-31-33-38-46-40-42-36-35-37-44(45)43(42)41-47-39-34-32-30-28-26-24-22-20-18-16-14-12-10-8-6-4-2/h35-37,45H,3-34,38-41H2,1-2H3. The molecular formula is C44H82O3. The van der Waals surface area contributed by atoms with Crippen molar-refractivity contribution in [2.24, 2.45) is 0 Å². The maximum absolute atomic E-state index is 10.5. The Kier molecular flexibility index (Phi) is 33.9. The first kappa shape index (κ1) is 44.0. The lowest BCUT2D eigenvalue weighted by Gasteiger charge is -2.13. The quantitative estimate of drug-likeness (QED) is 0.0719. The smallest absolute Gasteiger partial charge is 0.121 e. The van der Waals surface area contributed by atoms with Crippen LogP contribution >= 0.6 is 0 Å². The number of aromatic hydroxyl groups is 1. The van der Waals surface area contributed by atoms with Crippen molar-refractivity contribution in [2.75, 3.05) is 13.2 Å². The second-order valence-electron chi connectivity index (χ2n) is 14.6. The summed E-state index contributed by atoms with van der Waals surface area (Å²) >= 11 is 0. The van der Waals surface area contributed by atoms with E-state index in [0.29, 0.717) is 19.0 Å². The number of rotatable bonds is 38. The van der Waals surface area contributed by atoms with E-state index in [1.54, 1.807) is 6.07 Å². The van der Waals surface area contributed by atoms with Gasteiger partial charge in [0.1, 0.15) is 5.75 Å². The van der Waals surface area contributed by atoms with Crippen molar-refractivity contribution in [3.63, 3.8) is 0 Å². The maximum Gasteiger partial charge on any atom is 0.121 e. The van der Waals surface area contributed by atoms with E-state index in [1.165, 1.54) is 193 Å². The van der Waals surface area contributed by atoms with Gasteiger partial charge < -0.3 is 14.6 Å². The van der Waals surface area contributed by atoms with E-state index in [4.69, 9.17) is 9.47 Å². The zero-order valence-electron chi connectivity index (χ0n) is 32.0. The first-order chi connectivity index (χ1) is 23.3. The first-order valence-electron chi connectivity index (χ1n) is 21.2. The van der Waals surface area contributed by atoms with E-state index in [-0.39, 0.29) is 0 Å². The maximum atomic E-state index is 10.5. The minimum atomic E-state index is 0.334. The van der Waals surface area contributed by atoms with E-state index in [0.717, 1.165) is 37.2 Å². The van der Waals surface area contributed by atoms with Crippen LogP contribution in [0.1, 0.15) is 230 Å². The van der Waals surface area contributed by atoms with Gasteiger partial charge in [0.2, 0.25) is 0 Å². The molecule has 0 fully saturated rings. The van der Waals surface area contributed by atoms with Crippen molar-refractivity contribution in [3.05, 3.63) is 29.3 Å². The molecule has 0 radical (unpaired) electrons. The summed E-state index contributed by atoms with van der Waals surface area (Å²) in [4.78, 5) is 0. The summed E-state index contributed by atoms with van der Waals surface area (Å²) in [5.74, 6) is 0.334. The Labute approximate surface area is 294 Å². The van der Waals surface area contributed by atoms with Gasteiger partial charge in [0.25, 0.3) is 0 Å². The van der Waals surface area contributed by atoms with Crippen molar-refractivity contribution in [1.29, 1.82) is 0 Å². The third kappa shape index (κ3) is 29.6. The minimum Gasteiger partial charge on any atom is -0.508 e. The van der Waals surface area contributed by atoms with Gasteiger partial charge in [0.05, 0.1) is 13.2 Å².